The normalized spacial score (nSPS) is 14.1. The predicted molar refractivity (Wildman–Crippen MR) is 90.7 cm³/mol. The molecule has 2 nitrogen and oxygen atoms in total. The van der Waals surface area contributed by atoms with Crippen LogP contribution in [0.15, 0.2) is 36.4 Å². The second-order valence-corrected chi connectivity index (χ2v) is 5.81. The number of nitrogens with two attached hydrogens (primary N) is 1. The first-order chi connectivity index (χ1) is 10.2. The Balaban J connectivity index is 2.24. The van der Waals surface area contributed by atoms with Crippen molar-refractivity contribution in [1.29, 1.82) is 0 Å². The van der Waals surface area contributed by atoms with Crippen molar-refractivity contribution >= 4 is 10.8 Å². The van der Waals surface area contributed by atoms with Crippen LogP contribution in [0.2, 0.25) is 0 Å². The zero-order valence-electron chi connectivity index (χ0n) is 13.4. The molecule has 0 aliphatic carbocycles. The summed E-state index contributed by atoms with van der Waals surface area (Å²) in [6.45, 7) is 4.48. The Morgan fingerprint density at radius 1 is 1.05 bits per heavy atom. The molecule has 0 amide bonds. The van der Waals surface area contributed by atoms with Crippen LogP contribution in [0.1, 0.15) is 51.1 Å². The van der Waals surface area contributed by atoms with E-state index in [4.69, 9.17) is 10.5 Å². The van der Waals surface area contributed by atoms with Crippen LogP contribution >= 0.6 is 0 Å². The second kappa shape index (κ2) is 7.46. The van der Waals surface area contributed by atoms with E-state index in [2.05, 4.69) is 44.2 Å². The van der Waals surface area contributed by atoms with E-state index in [0.717, 1.165) is 12.2 Å². The lowest BCUT2D eigenvalue weighted by molar-refractivity contribution is 0.378. The highest BCUT2D eigenvalue weighted by Gasteiger charge is 2.17. The molecule has 2 unspecified atom stereocenters. The van der Waals surface area contributed by atoms with E-state index in [1.54, 1.807) is 7.11 Å². The van der Waals surface area contributed by atoms with Gasteiger partial charge < -0.3 is 10.5 Å². The Hall–Kier alpha value is -1.54. The maximum absolute atomic E-state index is 6.51. The number of ether oxygens (including phenoxy) is 1. The Labute approximate surface area is 128 Å². The van der Waals surface area contributed by atoms with Gasteiger partial charge in [0.25, 0.3) is 0 Å². The third-order valence-electron chi connectivity index (χ3n) is 4.42. The Morgan fingerprint density at radius 2 is 1.76 bits per heavy atom. The van der Waals surface area contributed by atoms with Gasteiger partial charge in [-0.3, -0.25) is 0 Å². The van der Waals surface area contributed by atoms with Crippen LogP contribution in [-0.4, -0.2) is 7.11 Å². The lowest BCUT2D eigenvalue weighted by atomic mass is 9.87. The molecule has 2 aromatic rings. The van der Waals surface area contributed by atoms with Crippen molar-refractivity contribution in [3.63, 3.8) is 0 Å². The van der Waals surface area contributed by atoms with Gasteiger partial charge in [-0.15, -0.1) is 0 Å². The van der Waals surface area contributed by atoms with E-state index < -0.39 is 0 Å². The second-order valence-electron chi connectivity index (χ2n) is 5.81. The minimum absolute atomic E-state index is 0.132. The van der Waals surface area contributed by atoms with Crippen molar-refractivity contribution in [1.82, 2.24) is 0 Å². The van der Waals surface area contributed by atoms with Crippen molar-refractivity contribution in [2.24, 2.45) is 11.7 Å². The molecule has 0 saturated heterocycles. The summed E-state index contributed by atoms with van der Waals surface area (Å²) in [4.78, 5) is 0. The fourth-order valence-corrected chi connectivity index (χ4v) is 2.95. The molecule has 21 heavy (non-hydrogen) atoms. The molecule has 2 N–H and O–H groups in total. The minimum Gasteiger partial charge on any atom is -0.497 e. The molecule has 0 aliphatic heterocycles. The van der Waals surface area contributed by atoms with Gasteiger partial charge in [0.15, 0.2) is 0 Å². The zero-order chi connectivity index (χ0) is 15.2. The Bertz CT molecular complexity index is 579. The predicted octanol–water partition coefficient (Wildman–Crippen LogP) is 5.06. The van der Waals surface area contributed by atoms with Gasteiger partial charge in [0.05, 0.1) is 7.11 Å². The molecule has 0 bridgehead atoms. The maximum Gasteiger partial charge on any atom is 0.119 e. The van der Waals surface area contributed by atoms with E-state index in [1.807, 2.05) is 6.07 Å². The number of methoxy groups -OCH3 is 1. The summed E-state index contributed by atoms with van der Waals surface area (Å²) in [5.74, 6) is 1.47. The van der Waals surface area contributed by atoms with E-state index in [0.29, 0.717) is 5.92 Å². The third kappa shape index (κ3) is 3.76. The summed E-state index contributed by atoms with van der Waals surface area (Å²) in [5.41, 5.74) is 7.76. The number of benzene rings is 2. The molecule has 2 heteroatoms. The van der Waals surface area contributed by atoms with Gasteiger partial charge in [-0.25, -0.2) is 0 Å². The van der Waals surface area contributed by atoms with Gasteiger partial charge >= 0.3 is 0 Å². The molecule has 0 aromatic heterocycles. The summed E-state index contributed by atoms with van der Waals surface area (Å²) in [6, 6.07) is 12.9. The number of hydrogen-bond acceptors (Lipinski definition) is 2. The maximum atomic E-state index is 6.51. The molecule has 0 spiro atoms. The molecule has 2 aromatic carbocycles. The number of hydrogen-bond donors (Lipinski definition) is 1. The number of unbranched alkanes of at least 4 members (excludes halogenated alkanes) is 1. The highest BCUT2D eigenvalue weighted by atomic mass is 16.5. The molecular weight excluding hydrogens is 258 g/mol. The van der Waals surface area contributed by atoms with E-state index in [9.17, 15) is 0 Å². The van der Waals surface area contributed by atoms with Crippen molar-refractivity contribution in [2.45, 2.75) is 45.6 Å². The molecule has 0 saturated carbocycles. The monoisotopic (exact) mass is 285 g/mol. The van der Waals surface area contributed by atoms with E-state index >= 15 is 0 Å². The average Bonchev–Trinajstić information content (AvgIpc) is 2.54. The topological polar surface area (TPSA) is 35.2 Å². The third-order valence-corrected chi connectivity index (χ3v) is 4.42. The van der Waals surface area contributed by atoms with Gasteiger partial charge in [-0.1, -0.05) is 51.3 Å². The smallest absolute Gasteiger partial charge is 0.119 e. The molecule has 114 valence electrons. The Morgan fingerprint density at radius 3 is 2.43 bits per heavy atom. The average molecular weight is 285 g/mol. The number of fused-ring (bicyclic) bond motifs is 1. The van der Waals surface area contributed by atoms with Crippen molar-refractivity contribution in [2.75, 3.05) is 7.11 Å². The van der Waals surface area contributed by atoms with Crippen molar-refractivity contribution in [3.05, 3.63) is 42.0 Å². The number of rotatable bonds is 7. The van der Waals surface area contributed by atoms with Crippen LogP contribution in [0.4, 0.5) is 0 Å². The van der Waals surface area contributed by atoms with Crippen LogP contribution in [0.3, 0.4) is 0 Å². The van der Waals surface area contributed by atoms with E-state index in [1.165, 1.54) is 35.6 Å². The highest BCUT2D eigenvalue weighted by Crippen LogP contribution is 2.30. The van der Waals surface area contributed by atoms with Gasteiger partial charge in [-0.2, -0.15) is 0 Å². The van der Waals surface area contributed by atoms with Crippen LogP contribution in [0, 0.1) is 5.92 Å². The molecule has 0 fully saturated rings. The molecule has 0 heterocycles. The molecule has 0 aliphatic rings. The first-order valence-electron chi connectivity index (χ1n) is 8.02. The van der Waals surface area contributed by atoms with Gasteiger partial charge in [0.2, 0.25) is 0 Å². The first-order valence-corrected chi connectivity index (χ1v) is 8.02. The summed E-state index contributed by atoms with van der Waals surface area (Å²) < 4.78 is 5.28. The van der Waals surface area contributed by atoms with Crippen LogP contribution in [0.25, 0.3) is 10.8 Å². The first kappa shape index (κ1) is 15.8. The molecular formula is C19H27NO. The largest absolute Gasteiger partial charge is 0.497 e. The van der Waals surface area contributed by atoms with Crippen molar-refractivity contribution in [3.8, 4) is 5.75 Å². The quantitative estimate of drug-likeness (QED) is 0.771. The van der Waals surface area contributed by atoms with Gasteiger partial charge in [-0.05, 0) is 46.9 Å². The van der Waals surface area contributed by atoms with Crippen LogP contribution in [0.5, 0.6) is 5.75 Å². The fourth-order valence-electron chi connectivity index (χ4n) is 2.95. The van der Waals surface area contributed by atoms with Gasteiger partial charge in [0, 0.05) is 6.04 Å². The lowest BCUT2D eigenvalue weighted by Gasteiger charge is -2.23. The lowest BCUT2D eigenvalue weighted by Crippen LogP contribution is -2.21. The van der Waals surface area contributed by atoms with Crippen molar-refractivity contribution < 1.29 is 4.74 Å². The van der Waals surface area contributed by atoms with Crippen LogP contribution < -0.4 is 10.5 Å². The fraction of sp³-hybridized carbons (Fsp3) is 0.474. The van der Waals surface area contributed by atoms with Gasteiger partial charge in [0.1, 0.15) is 5.75 Å². The summed E-state index contributed by atoms with van der Waals surface area (Å²) in [7, 11) is 1.70. The summed E-state index contributed by atoms with van der Waals surface area (Å²) in [5, 5.41) is 2.43. The summed E-state index contributed by atoms with van der Waals surface area (Å²) >= 11 is 0. The SMILES string of the molecule is CCCCC(CC)C(N)c1ccc2cc(OC)ccc2c1. The molecule has 2 atom stereocenters. The zero-order valence-corrected chi connectivity index (χ0v) is 13.4. The van der Waals surface area contributed by atoms with Crippen LogP contribution in [-0.2, 0) is 0 Å². The molecule has 2 rings (SSSR count). The standard InChI is InChI=1S/C19H27NO/c1-4-6-7-14(5-2)19(20)17-9-8-16-13-18(21-3)11-10-15(16)12-17/h8-14,19H,4-7,20H2,1-3H3. The molecule has 0 radical (unpaired) electrons. The minimum atomic E-state index is 0.132. The summed E-state index contributed by atoms with van der Waals surface area (Å²) in [6.07, 6.45) is 4.86. The van der Waals surface area contributed by atoms with E-state index in [-0.39, 0.29) is 6.04 Å². The Kier molecular flexibility index (Phi) is 5.63. The highest BCUT2D eigenvalue weighted by molar-refractivity contribution is 5.84.